The molecule has 0 atom stereocenters. The summed E-state index contributed by atoms with van der Waals surface area (Å²) in [7, 11) is 3.54. The van der Waals surface area contributed by atoms with E-state index in [2.05, 4.69) is 15.2 Å². The Bertz CT molecular complexity index is 532. The predicted octanol–water partition coefficient (Wildman–Crippen LogP) is 2.59. The van der Waals surface area contributed by atoms with E-state index in [1.165, 1.54) is 7.11 Å². The van der Waals surface area contributed by atoms with Gasteiger partial charge in [0, 0.05) is 19.6 Å². The largest absolute Gasteiger partial charge is 0.494 e. The van der Waals surface area contributed by atoms with Gasteiger partial charge in [-0.1, -0.05) is 6.07 Å². The molecule has 0 amide bonds. The first kappa shape index (κ1) is 16.3. The van der Waals surface area contributed by atoms with Crippen LogP contribution in [0.15, 0.2) is 23.2 Å². The average molecular weight is 405 g/mol. The number of likely N-dealkylation sites (N-methyl/N-ethyl adjacent to an activating group) is 1. The van der Waals surface area contributed by atoms with Crippen LogP contribution in [-0.4, -0.2) is 44.1 Å². The second kappa shape index (κ2) is 6.81. The van der Waals surface area contributed by atoms with Gasteiger partial charge >= 0.3 is 0 Å². The molecule has 1 heterocycles. The minimum Gasteiger partial charge on any atom is -0.494 e. The van der Waals surface area contributed by atoms with E-state index in [1.54, 1.807) is 12.1 Å². The Labute approximate surface area is 141 Å². The van der Waals surface area contributed by atoms with Gasteiger partial charge in [0.15, 0.2) is 17.5 Å². The van der Waals surface area contributed by atoms with E-state index < -0.39 is 0 Å². The highest BCUT2D eigenvalue weighted by Crippen LogP contribution is 2.38. The number of aliphatic imine (C=N–C) groups is 1. The van der Waals surface area contributed by atoms with Crippen LogP contribution in [0.1, 0.15) is 24.3 Å². The maximum absolute atomic E-state index is 13.7. The second-order valence-electron chi connectivity index (χ2n) is 5.53. The summed E-state index contributed by atoms with van der Waals surface area (Å²) in [4.78, 5) is 6.57. The number of nitrogens with one attached hydrogen (secondary N) is 1. The number of rotatable bonds is 3. The number of nitrogens with zero attached hydrogens (tertiary/aromatic N) is 2. The Morgan fingerprint density at radius 3 is 2.71 bits per heavy atom. The molecule has 21 heavy (non-hydrogen) atoms. The first-order valence-corrected chi connectivity index (χ1v) is 7.03. The van der Waals surface area contributed by atoms with Crippen LogP contribution in [0.4, 0.5) is 4.39 Å². The smallest absolute Gasteiger partial charge is 0.194 e. The molecule has 3 rings (SSSR count). The average Bonchev–Trinajstić information content (AvgIpc) is 2.79. The van der Waals surface area contributed by atoms with Gasteiger partial charge in [-0.25, -0.2) is 4.39 Å². The van der Waals surface area contributed by atoms with Crippen LogP contribution in [0.25, 0.3) is 0 Å². The van der Waals surface area contributed by atoms with Gasteiger partial charge in [-0.3, -0.25) is 4.99 Å². The molecule has 0 aromatic heterocycles. The van der Waals surface area contributed by atoms with Crippen LogP contribution in [0.2, 0.25) is 0 Å². The highest BCUT2D eigenvalue weighted by Gasteiger charge is 2.32. The number of hydrogen-bond acceptors (Lipinski definition) is 4. The Kier molecular flexibility index (Phi) is 5.29. The molecule has 0 unspecified atom stereocenters. The number of guanidine groups is 1. The highest BCUT2D eigenvalue weighted by atomic mass is 127. The SMILES string of the molecule is COc1ccc(C2CC(NC3=NCCN3C)C2)cc1F.I. The number of benzene rings is 1. The first-order valence-electron chi connectivity index (χ1n) is 7.03. The molecule has 0 spiro atoms. The summed E-state index contributed by atoms with van der Waals surface area (Å²) in [6.45, 7) is 1.86. The summed E-state index contributed by atoms with van der Waals surface area (Å²) in [6, 6.07) is 5.71. The Balaban J connectivity index is 0.00000161. The molecule has 1 aromatic rings. The molecular weight excluding hydrogens is 384 g/mol. The van der Waals surface area contributed by atoms with E-state index >= 15 is 0 Å². The predicted molar refractivity (Wildman–Crippen MR) is 92.2 cm³/mol. The lowest BCUT2D eigenvalue weighted by atomic mass is 9.76. The van der Waals surface area contributed by atoms with Crippen molar-refractivity contribution in [1.29, 1.82) is 0 Å². The fourth-order valence-corrected chi connectivity index (χ4v) is 2.82. The molecule has 0 bridgehead atoms. The third-order valence-corrected chi connectivity index (χ3v) is 4.18. The van der Waals surface area contributed by atoms with Crippen molar-refractivity contribution in [1.82, 2.24) is 10.2 Å². The van der Waals surface area contributed by atoms with Crippen molar-refractivity contribution in [2.45, 2.75) is 24.8 Å². The lowest BCUT2D eigenvalue weighted by Gasteiger charge is -2.37. The third kappa shape index (κ3) is 3.41. The van der Waals surface area contributed by atoms with Gasteiger partial charge in [-0.05, 0) is 36.5 Å². The second-order valence-corrected chi connectivity index (χ2v) is 5.53. The molecule has 1 aromatic carbocycles. The molecule has 1 N–H and O–H groups in total. The van der Waals surface area contributed by atoms with E-state index in [0.29, 0.717) is 17.7 Å². The summed E-state index contributed by atoms with van der Waals surface area (Å²) in [5.41, 5.74) is 1.06. The number of methoxy groups -OCH3 is 1. The fraction of sp³-hybridized carbons (Fsp3) is 0.533. The Morgan fingerprint density at radius 1 is 1.38 bits per heavy atom. The molecule has 1 aliphatic carbocycles. The van der Waals surface area contributed by atoms with Gasteiger partial charge in [-0.2, -0.15) is 0 Å². The van der Waals surface area contributed by atoms with E-state index in [-0.39, 0.29) is 29.8 Å². The zero-order valence-corrected chi connectivity index (χ0v) is 14.6. The standard InChI is InChI=1S/C15H20FN3O.HI/c1-19-6-5-17-15(19)18-12-7-11(8-12)10-3-4-14(20-2)13(16)9-10;/h3-4,9,11-12H,5-8H2,1-2H3,(H,17,18);1H. The van der Waals surface area contributed by atoms with Crippen LogP contribution >= 0.6 is 24.0 Å². The summed E-state index contributed by atoms with van der Waals surface area (Å²) in [5.74, 6) is 1.46. The molecule has 1 fully saturated rings. The lowest BCUT2D eigenvalue weighted by molar-refractivity contribution is 0.314. The van der Waals surface area contributed by atoms with Crippen molar-refractivity contribution in [2.75, 3.05) is 27.2 Å². The minimum absolute atomic E-state index is 0. The highest BCUT2D eigenvalue weighted by molar-refractivity contribution is 14.0. The van der Waals surface area contributed by atoms with Gasteiger partial charge in [0.1, 0.15) is 0 Å². The third-order valence-electron chi connectivity index (χ3n) is 4.18. The fourth-order valence-electron chi connectivity index (χ4n) is 2.82. The van der Waals surface area contributed by atoms with Gasteiger partial charge in [-0.15, -0.1) is 24.0 Å². The molecule has 1 aliphatic heterocycles. The van der Waals surface area contributed by atoms with Crippen molar-refractivity contribution >= 4 is 29.9 Å². The maximum Gasteiger partial charge on any atom is 0.194 e. The van der Waals surface area contributed by atoms with Crippen molar-refractivity contribution < 1.29 is 9.13 Å². The molecule has 0 radical (unpaired) electrons. The minimum atomic E-state index is -0.277. The Morgan fingerprint density at radius 2 is 2.14 bits per heavy atom. The Hall–Kier alpha value is -1.05. The zero-order chi connectivity index (χ0) is 14.1. The normalized spacial score (nSPS) is 24.0. The van der Waals surface area contributed by atoms with Crippen LogP contribution in [0.5, 0.6) is 5.75 Å². The molecular formula is C15H21FIN3O. The summed E-state index contributed by atoms with van der Waals surface area (Å²) in [6.07, 6.45) is 2.05. The van der Waals surface area contributed by atoms with Gasteiger partial charge < -0.3 is 15.0 Å². The van der Waals surface area contributed by atoms with Crippen molar-refractivity contribution in [3.05, 3.63) is 29.6 Å². The van der Waals surface area contributed by atoms with Gasteiger partial charge in [0.2, 0.25) is 0 Å². The molecule has 6 heteroatoms. The van der Waals surface area contributed by atoms with Crippen molar-refractivity contribution in [3.8, 4) is 5.75 Å². The molecule has 1 saturated carbocycles. The van der Waals surface area contributed by atoms with Gasteiger partial charge in [0.05, 0.1) is 13.7 Å². The van der Waals surface area contributed by atoms with Crippen molar-refractivity contribution in [2.24, 2.45) is 4.99 Å². The molecule has 2 aliphatic rings. The van der Waals surface area contributed by atoms with Crippen LogP contribution in [0.3, 0.4) is 0 Å². The zero-order valence-electron chi connectivity index (χ0n) is 12.3. The molecule has 4 nitrogen and oxygen atoms in total. The van der Waals surface area contributed by atoms with Gasteiger partial charge in [0.25, 0.3) is 0 Å². The monoisotopic (exact) mass is 405 g/mol. The number of hydrogen-bond donors (Lipinski definition) is 1. The summed E-state index contributed by atoms with van der Waals surface area (Å²) < 4.78 is 18.6. The van der Waals surface area contributed by atoms with E-state index in [0.717, 1.165) is 37.5 Å². The summed E-state index contributed by atoms with van der Waals surface area (Å²) >= 11 is 0. The quantitative estimate of drug-likeness (QED) is 0.786. The lowest BCUT2D eigenvalue weighted by Crippen LogP contribution is -2.47. The van der Waals surface area contributed by atoms with Crippen molar-refractivity contribution in [3.63, 3.8) is 0 Å². The number of ether oxygens (including phenoxy) is 1. The first-order chi connectivity index (χ1) is 9.67. The van der Waals surface area contributed by atoms with Crippen LogP contribution < -0.4 is 10.1 Å². The van der Waals surface area contributed by atoms with E-state index in [1.807, 2.05) is 13.1 Å². The number of halogens is 2. The van der Waals surface area contributed by atoms with E-state index in [4.69, 9.17) is 4.74 Å². The van der Waals surface area contributed by atoms with Crippen LogP contribution in [0, 0.1) is 5.82 Å². The molecule has 116 valence electrons. The van der Waals surface area contributed by atoms with Crippen LogP contribution in [-0.2, 0) is 0 Å². The maximum atomic E-state index is 13.7. The molecule has 0 saturated heterocycles. The topological polar surface area (TPSA) is 36.9 Å². The van der Waals surface area contributed by atoms with E-state index in [9.17, 15) is 4.39 Å². The summed E-state index contributed by atoms with van der Waals surface area (Å²) in [5, 5.41) is 3.46.